The number of hydrogen-bond acceptors (Lipinski definition) is 2. The Bertz CT molecular complexity index is 750. The molecule has 22 heavy (non-hydrogen) atoms. The minimum Gasteiger partial charge on any atom is -0.207 e. The van der Waals surface area contributed by atoms with Gasteiger partial charge in [-0.15, -0.1) is 0 Å². The third kappa shape index (κ3) is 4.70. The Hall–Kier alpha value is -1.62. The van der Waals surface area contributed by atoms with Crippen molar-refractivity contribution in [2.45, 2.75) is 24.8 Å². The highest BCUT2D eigenvalue weighted by Crippen LogP contribution is 2.13. The number of rotatable bonds is 5. The van der Waals surface area contributed by atoms with Crippen molar-refractivity contribution in [3.8, 4) is 0 Å². The molecular weight excluding hydrogens is 318 g/mol. The molecule has 0 fully saturated rings. The number of hydrogen-bond donors (Lipinski definition) is 1. The molecule has 2 rings (SSSR count). The van der Waals surface area contributed by atoms with E-state index in [4.69, 9.17) is 11.6 Å². The van der Waals surface area contributed by atoms with Crippen LogP contribution in [0.4, 0.5) is 0 Å². The summed E-state index contributed by atoms with van der Waals surface area (Å²) in [6.45, 7) is 3.71. The standard InChI is InChI=1S/C17H18ClNO2S/c1-13-3-11-17(12-4-13)22(20,21)19-14(2)5-6-15-7-9-16(18)10-8-15/h3-12,14,19H,1-2H3/b6-5+. The number of nitrogens with one attached hydrogen (secondary N) is 1. The molecule has 2 aromatic rings. The fraction of sp³-hybridized carbons (Fsp3) is 0.176. The zero-order valence-electron chi connectivity index (χ0n) is 12.5. The van der Waals surface area contributed by atoms with Crippen molar-refractivity contribution in [1.82, 2.24) is 4.72 Å². The lowest BCUT2D eigenvalue weighted by Crippen LogP contribution is -2.31. The van der Waals surface area contributed by atoms with E-state index >= 15 is 0 Å². The highest BCUT2D eigenvalue weighted by molar-refractivity contribution is 7.89. The van der Waals surface area contributed by atoms with Gasteiger partial charge in [-0.3, -0.25) is 0 Å². The van der Waals surface area contributed by atoms with E-state index in [0.717, 1.165) is 11.1 Å². The molecule has 0 saturated heterocycles. The second-order valence-corrected chi connectivity index (χ2v) is 7.28. The van der Waals surface area contributed by atoms with Crippen LogP contribution in [0.3, 0.4) is 0 Å². The van der Waals surface area contributed by atoms with Gasteiger partial charge in [0.1, 0.15) is 0 Å². The van der Waals surface area contributed by atoms with E-state index in [1.54, 1.807) is 49.4 Å². The predicted molar refractivity (Wildman–Crippen MR) is 91.4 cm³/mol. The topological polar surface area (TPSA) is 46.2 Å². The molecule has 0 aliphatic heterocycles. The van der Waals surface area contributed by atoms with Crippen LogP contribution in [0.1, 0.15) is 18.1 Å². The minimum absolute atomic E-state index is 0.268. The summed E-state index contributed by atoms with van der Waals surface area (Å²) in [7, 11) is -3.51. The number of benzene rings is 2. The van der Waals surface area contributed by atoms with Gasteiger partial charge < -0.3 is 0 Å². The van der Waals surface area contributed by atoms with Gasteiger partial charge in [0.15, 0.2) is 0 Å². The number of halogens is 1. The van der Waals surface area contributed by atoms with Crippen molar-refractivity contribution < 1.29 is 8.42 Å². The Balaban J connectivity index is 2.05. The van der Waals surface area contributed by atoms with Gasteiger partial charge >= 0.3 is 0 Å². The predicted octanol–water partition coefficient (Wildman–Crippen LogP) is 4.03. The van der Waals surface area contributed by atoms with Crippen LogP contribution >= 0.6 is 11.6 Å². The Morgan fingerprint density at radius 3 is 2.23 bits per heavy atom. The SMILES string of the molecule is Cc1ccc(S(=O)(=O)NC(C)/C=C/c2ccc(Cl)cc2)cc1. The quantitative estimate of drug-likeness (QED) is 0.896. The monoisotopic (exact) mass is 335 g/mol. The highest BCUT2D eigenvalue weighted by Gasteiger charge is 2.15. The van der Waals surface area contributed by atoms with Gasteiger partial charge in [-0.1, -0.05) is 53.6 Å². The summed E-state index contributed by atoms with van der Waals surface area (Å²) in [5.41, 5.74) is 1.99. The fourth-order valence-electron chi connectivity index (χ4n) is 1.90. The van der Waals surface area contributed by atoms with Crippen molar-refractivity contribution in [3.63, 3.8) is 0 Å². The van der Waals surface area contributed by atoms with Crippen molar-refractivity contribution in [2.75, 3.05) is 0 Å². The molecule has 2 aromatic carbocycles. The molecule has 0 amide bonds. The maximum Gasteiger partial charge on any atom is 0.241 e. The van der Waals surface area contributed by atoms with E-state index in [2.05, 4.69) is 4.72 Å². The molecule has 5 heteroatoms. The van der Waals surface area contributed by atoms with Crippen LogP contribution in [0.2, 0.25) is 5.02 Å². The molecule has 0 aliphatic rings. The van der Waals surface area contributed by atoms with Gasteiger partial charge in [-0.2, -0.15) is 0 Å². The molecule has 0 spiro atoms. The van der Waals surface area contributed by atoms with Gasteiger partial charge in [-0.25, -0.2) is 13.1 Å². The zero-order chi connectivity index (χ0) is 16.2. The maximum absolute atomic E-state index is 12.2. The van der Waals surface area contributed by atoms with Gasteiger partial charge in [0.25, 0.3) is 0 Å². The molecule has 0 saturated carbocycles. The first-order valence-corrected chi connectivity index (χ1v) is 8.76. The molecule has 0 bridgehead atoms. The smallest absolute Gasteiger partial charge is 0.207 e. The Morgan fingerprint density at radius 1 is 1.05 bits per heavy atom. The van der Waals surface area contributed by atoms with E-state index in [9.17, 15) is 8.42 Å². The fourth-order valence-corrected chi connectivity index (χ4v) is 3.22. The number of sulfonamides is 1. The number of aryl methyl sites for hydroxylation is 1. The van der Waals surface area contributed by atoms with Crippen LogP contribution in [-0.2, 0) is 10.0 Å². The van der Waals surface area contributed by atoms with E-state index in [1.165, 1.54) is 0 Å². The van der Waals surface area contributed by atoms with E-state index in [1.807, 2.05) is 25.1 Å². The Morgan fingerprint density at radius 2 is 1.64 bits per heavy atom. The van der Waals surface area contributed by atoms with Crippen LogP contribution < -0.4 is 4.72 Å². The van der Waals surface area contributed by atoms with E-state index in [-0.39, 0.29) is 10.9 Å². The van der Waals surface area contributed by atoms with Crippen LogP contribution in [0.5, 0.6) is 0 Å². The molecular formula is C17H18ClNO2S. The van der Waals surface area contributed by atoms with Crippen molar-refractivity contribution in [2.24, 2.45) is 0 Å². The first-order valence-electron chi connectivity index (χ1n) is 6.89. The largest absolute Gasteiger partial charge is 0.241 e. The average molecular weight is 336 g/mol. The van der Waals surface area contributed by atoms with Crippen molar-refractivity contribution >= 4 is 27.7 Å². The van der Waals surface area contributed by atoms with Gasteiger partial charge in [0.05, 0.1) is 4.90 Å². The normalized spacial score (nSPS) is 13.4. The lowest BCUT2D eigenvalue weighted by Gasteiger charge is -2.11. The first kappa shape index (κ1) is 16.7. The van der Waals surface area contributed by atoms with Crippen LogP contribution in [-0.4, -0.2) is 14.5 Å². The lowest BCUT2D eigenvalue weighted by molar-refractivity contribution is 0.576. The second-order valence-electron chi connectivity index (χ2n) is 5.13. The molecule has 1 atom stereocenters. The summed E-state index contributed by atoms with van der Waals surface area (Å²) in [4.78, 5) is 0.268. The van der Waals surface area contributed by atoms with Crippen LogP contribution in [0.15, 0.2) is 59.5 Å². The molecule has 1 unspecified atom stereocenters. The third-order valence-corrected chi connectivity index (χ3v) is 4.95. The van der Waals surface area contributed by atoms with Gasteiger partial charge in [0, 0.05) is 11.1 Å². The summed E-state index contributed by atoms with van der Waals surface area (Å²) in [5, 5.41) is 0.672. The van der Waals surface area contributed by atoms with Gasteiger partial charge in [0.2, 0.25) is 10.0 Å². The zero-order valence-corrected chi connectivity index (χ0v) is 14.0. The molecule has 116 valence electrons. The summed E-state index contributed by atoms with van der Waals surface area (Å²) in [5.74, 6) is 0. The van der Waals surface area contributed by atoms with E-state index in [0.29, 0.717) is 5.02 Å². The first-order chi connectivity index (χ1) is 10.4. The molecule has 0 radical (unpaired) electrons. The van der Waals surface area contributed by atoms with Crippen LogP contribution in [0, 0.1) is 6.92 Å². The second kappa shape index (κ2) is 7.09. The minimum atomic E-state index is -3.51. The molecule has 0 heterocycles. The van der Waals surface area contributed by atoms with Crippen molar-refractivity contribution in [3.05, 3.63) is 70.8 Å². The molecule has 0 aromatic heterocycles. The third-order valence-electron chi connectivity index (χ3n) is 3.12. The molecule has 0 aliphatic carbocycles. The Kier molecular flexibility index (Phi) is 5.40. The van der Waals surface area contributed by atoms with Gasteiger partial charge in [-0.05, 0) is 43.7 Å². The average Bonchev–Trinajstić information content (AvgIpc) is 2.46. The summed E-state index contributed by atoms with van der Waals surface area (Å²) in [6, 6.07) is 13.8. The molecule has 3 nitrogen and oxygen atoms in total. The van der Waals surface area contributed by atoms with Crippen LogP contribution in [0.25, 0.3) is 6.08 Å². The summed E-state index contributed by atoms with van der Waals surface area (Å²) >= 11 is 5.82. The highest BCUT2D eigenvalue weighted by atomic mass is 35.5. The Labute approximate surface area is 136 Å². The maximum atomic E-state index is 12.2. The lowest BCUT2D eigenvalue weighted by atomic mass is 10.2. The van der Waals surface area contributed by atoms with Crippen molar-refractivity contribution in [1.29, 1.82) is 0 Å². The molecule has 1 N–H and O–H groups in total. The summed E-state index contributed by atoms with van der Waals surface area (Å²) in [6.07, 6.45) is 3.66. The summed E-state index contributed by atoms with van der Waals surface area (Å²) < 4.78 is 27.1. The van der Waals surface area contributed by atoms with E-state index < -0.39 is 10.0 Å².